The second kappa shape index (κ2) is 5.07. The molecule has 0 saturated heterocycles. The van der Waals surface area contributed by atoms with Gasteiger partial charge < -0.3 is 16.8 Å². The summed E-state index contributed by atoms with van der Waals surface area (Å²) in [5, 5.41) is 4.60. The number of carbonyl (C=O) groups excluding carboxylic acids is 2. The van der Waals surface area contributed by atoms with Gasteiger partial charge in [-0.05, 0) is 18.9 Å². The molecule has 5 nitrogen and oxygen atoms in total. The third kappa shape index (κ3) is 2.54. The van der Waals surface area contributed by atoms with Crippen molar-refractivity contribution in [3.8, 4) is 0 Å². The molecule has 0 aromatic carbocycles. The van der Waals surface area contributed by atoms with E-state index in [1.54, 1.807) is 5.38 Å². The summed E-state index contributed by atoms with van der Waals surface area (Å²) in [6.07, 6.45) is 4.02. The smallest absolute Gasteiger partial charge is 0.261 e. The Kier molecular flexibility index (Phi) is 3.68. The fourth-order valence-corrected chi connectivity index (χ4v) is 3.11. The van der Waals surface area contributed by atoms with E-state index in [9.17, 15) is 9.59 Å². The summed E-state index contributed by atoms with van der Waals surface area (Å²) in [5.41, 5.74) is 11.0. The Hall–Kier alpha value is -1.40. The highest BCUT2D eigenvalue weighted by molar-refractivity contribution is 7.12. The molecule has 6 heteroatoms. The Morgan fingerprint density at radius 2 is 2.06 bits per heavy atom. The van der Waals surface area contributed by atoms with E-state index in [2.05, 4.69) is 5.32 Å². The lowest BCUT2D eigenvalue weighted by molar-refractivity contribution is 0.0907. The van der Waals surface area contributed by atoms with Gasteiger partial charge in [-0.1, -0.05) is 12.8 Å². The first-order valence-electron chi connectivity index (χ1n) is 5.97. The van der Waals surface area contributed by atoms with Crippen LogP contribution in [0.25, 0.3) is 0 Å². The van der Waals surface area contributed by atoms with Gasteiger partial charge in [-0.3, -0.25) is 9.59 Å². The standard InChI is InChI=1S/C12H17N3O2S/c13-7-12(3-1-2-4-12)15-11(17)9-5-8(6-18-9)10(14)16/h5-6H,1-4,7,13H2,(H2,14,16)(H,15,17). The minimum Gasteiger partial charge on any atom is -0.366 e. The van der Waals surface area contributed by atoms with Gasteiger partial charge in [0, 0.05) is 11.9 Å². The van der Waals surface area contributed by atoms with Crippen molar-refractivity contribution in [2.24, 2.45) is 11.5 Å². The van der Waals surface area contributed by atoms with Gasteiger partial charge in [0.25, 0.3) is 5.91 Å². The van der Waals surface area contributed by atoms with Crippen molar-refractivity contribution in [1.82, 2.24) is 5.32 Å². The van der Waals surface area contributed by atoms with Gasteiger partial charge in [-0.25, -0.2) is 0 Å². The van der Waals surface area contributed by atoms with Gasteiger partial charge >= 0.3 is 0 Å². The van der Waals surface area contributed by atoms with E-state index in [4.69, 9.17) is 11.5 Å². The van der Waals surface area contributed by atoms with E-state index >= 15 is 0 Å². The minimum atomic E-state index is -0.514. The van der Waals surface area contributed by atoms with Crippen molar-refractivity contribution in [3.63, 3.8) is 0 Å². The molecule has 1 aliphatic carbocycles. The van der Waals surface area contributed by atoms with Gasteiger partial charge in [0.05, 0.1) is 16.0 Å². The van der Waals surface area contributed by atoms with Crippen LogP contribution in [0.3, 0.4) is 0 Å². The second-order valence-corrected chi connectivity index (χ2v) is 5.62. The Bertz CT molecular complexity index is 464. The zero-order valence-electron chi connectivity index (χ0n) is 10.1. The average Bonchev–Trinajstić information content (AvgIpc) is 2.98. The summed E-state index contributed by atoms with van der Waals surface area (Å²) in [5.74, 6) is -0.681. The summed E-state index contributed by atoms with van der Waals surface area (Å²) in [4.78, 5) is 23.6. The zero-order chi connectivity index (χ0) is 13.2. The largest absolute Gasteiger partial charge is 0.366 e. The number of rotatable bonds is 4. The molecule has 18 heavy (non-hydrogen) atoms. The average molecular weight is 267 g/mol. The van der Waals surface area contributed by atoms with E-state index in [0.717, 1.165) is 25.7 Å². The van der Waals surface area contributed by atoms with Crippen LogP contribution in [0.2, 0.25) is 0 Å². The highest BCUT2D eigenvalue weighted by Crippen LogP contribution is 2.29. The molecule has 1 heterocycles. The number of hydrogen-bond donors (Lipinski definition) is 3. The number of amides is 2. The number of hydrogen-bond acceptors (Lipinski definition) is 4. The van der Waals surface area contributed by atoms with Crippen molar-refractivity contribution in [1.29, 1.82) is 0 Å². The van der Waals surface area contributed by atoms with Crippen LogP contribution < -0.4 is 16.8 Å². The Morgan fingerprint density at radius 1 is 1.39 bits per heavy atom. The fraction of sp³-hybridized carbons (Fsp3) is 0.500. The first kappa shape index (κ1) is 13.0. The highest BCUT2D eigenvalue weighted by Gasteiger charge is 2.34. The van der Waals surface area contributed by atoms with E-state index < -0.39 is 5.91 Å². The molecule has 0 atom stereocenters. The second-order valence-electron chi connectivity index (χ2n) is 4.71. The topological polar surface area (TPSA) is 98.2 Å². The van der Waals surface area contributed by atoms with Crippen LogP contribution in [0, 0.1) is 0 Å². The van der Waals surface area contributed by atoms with Crippen LogP contribution in [0.15, 0.2) is 11.4 Å². The molecule has 1 fully saturated rings. The van der Waals surface area contributed by atoms with Gasteiger partial charge in [0.1, 0.15) is 0 Å². The number of primary amides is 1. The molecule has 0 bridgehead atoms. The van der Waals surface area contributed by atoms with Crippen molar-refractivity contribution in [3.05, 3.63) is 21.9 Å². The molecule has 0 radical (unpaired) electrons. The summed E-state index contributed by atoms with van der Waals surface area (Å²) in [6, 6.07) is 1.53. The van der Waals surface area contributed by atoms with Crippen molar-refractivity contribution in [2.75, 3.05) is 6.54 Å². The molecule has 2 amide bonds. The van der Waals surface area contributed by atoms with Crippen molar-refractivity contribution in [2.45, 2.75) is 31.2 Å². The predicted molar refractivity (Wildman–Crippen MR) is 70.6 cm³/mol. The van der Waals surface area contributed by atoms with Gasteiger partial charge in [0.2, 0.25) is 5.91 Å². The third-order valence-electron chi connectivity index (χ3n) is 3.44. The summed E-state index contributed by atoms with van der Waals surface area (Å²) in [7, 11) is 0. The highest BCUT2D eigenvalue weighted by atomic mass is 32.1. The summed E-state index contributed by atoms with van der Waals surface area (Å²) >= 11 is 1.22. The maximum Gasteiger partial charge on any atom is 0.261 e. The molecular weight excluding hydrogens is 250 g/mol. The lowest BCUT2D eigenvalue weighted by atomic mass is 9.98. The van der Waals surface area contributed by atoms with E-state index in [1.165, 1.54) is 17.4 Å². The Balaban J connectivity index is 2.09. The summed E-state index contributed by atoms with van der Waals surface area (Å²) in [6.45, 7) is 0.451. The first-order chi connectivity index (χ1) is 8.56. The normalized spacial score (nSPS) is 17.6. The SMILES string of the molecule is NCC1(NC(=O)c2cc(C(N)=O)cs2)CCCC1. The molecule has 1 saturated carbocycles. The fourth-order valence-electron chi connectivity index (χ4n) is 2.32. The van der Waals surface area contributed by atoms with Crippen LogP contribution in [-0.2, 0) is 0 Å². The van der Waals surface area contributed by atoms with Crippen LogP contribution in [0.5, 0.6) is 0 Å². The van der Waals surface area contributed by atoms with Crippen LogP contribution in [-0.4, -0.2) is 23.9 Å². The number of nitrogens with two attached hydrogens (primary N) is 2. The van der Waals surface area contributed by atoms with Crippen LogP contribution in [0.4, 0.5) is 0 Å². The maximum atomic E-state index is 12.1. The molecule has 2 rings (SSSR count). The number of nitrogens with one attached hydrogen (secondary N) is 1. The van der Waals surface area contributed by atoms with Crippen LogP contribution in [0.1, 0.15) is 45.7 Å². The molecule has 98 valence electrons. The summed E-state index contributed by atoms with van der Waals surface area (Å²) < 4.78 is 0. The molecule has 1 aromatic heterocycles. The molecule has 5 N–H and O–H groups in total. The molecule has 1 aliphatic rings. The lowest BCUT2D eigenvalue weighted by Gasteiger charge is -2.28. The van der Waals surface area contributed by atoms with Crippen molar-refractivity contribution >= 4 is 23.2 Å². The quantitative estimate of drug-likeness (QED) is 0.754. The maximum absolute atomic E-state index is 12.1. The minimum absolute atomic E-state index is 0.167. The van der Waals surface area contributed by atoms with Gasteiger partial charge in [-0.2, -0.15) is 0 Å². The monoisotopic (exact) mass is 267 g/mol. The van der Waals surface area contributed by atoms with E-state index in [1.807, 2.05) is 0 Å². The molecular formula is C12H17N3O2S. The van der Waals surface area contributed by atoms with E-state index in [-0.39, 0.29) is 11.4 Å². The first-order valence-corrected chi connectivity index (χ1v) is 6.85. The predicted octanol–water partition coefficient (Wildman–Crippen LogP) is 0.848. The van der Waals surface area contributed by atoms with Gasteiger partial charge in [-0.15, -0.1) is 11.3 Å². The Morgan fingerprint density at radius 3 is 2.56 bits per heavy atom. The lowest BCUT2D eigenvalue weighted by Crippen LogP contribution is -2.51. The molecule has 0 aliphatic heterocycles. The molecule has 1 aromatic rings. The van der Waals surface area contributed by atoms with Crippen molar-refractivity contribution < 1.29 is 9.59 Å². The number of thiophene rings is 1. The molecule has 0 spiro atoms. The zero-order valence-corrected chi connectivity index (χ0v) is 10.9. The van der Waals surface area contributed by atoms with E-state index in [0.29, 0.717) is 17.0 Å². The molecule has 0 unspecified atom stereocenters. The van der Waals surface area contributed by atoms with Gasteiger partial charge in [0.15, 0.2) is 0 Å². The number of carbonyl (C=O) groups is 2. The van der Waals surface area contributed by atoms with Crippen LogP contribution >= 0.6 is 11.3 Å². The Labute approximate surface area is 110 Å². The third-order valence-corrected chi connectivity index (χ3v) is 4.37.